The van der Waals surface area contributed by atoms with Gasteiger partial charge in [0.15, 0.2) is 11.6 Å². The molecule has 1 aliphatic rings. The first kappa shape index (κ1) is 28.5. The number of benzene rings is 3. The molecule has 2 atom stereocenters. The number of methoxy groups -OCH3 is 1. The van der Waals surface area contributed by atoms with Crippen LogP contribution in [0, 0.1) is 22.9 Å². The van der Waals surface area contributed by atoms with Crippen LogP contribution in [-0.2, 0) is 11.4 Å². The minimum atomic E-state index is -1.01. The average molecular weight is 541 g/mol. The molecule has 0 spiro atoms. The number of halogens is 3. The molecule has 1 aliphatic carbocycles. The summed E-state index contributed by atoms with van der Waals surface area (Å²) < 4.78 is 56.9. The van der Waals surface area contributed by atoms with Gasteiger partial charge in [-0.3, -0.25) is 4.79 Å². The standard InChI is InChI=1S/C32H35F3O4/c1-5-19(15-30(36)37)22-8-6-10-29(31(22)35)39-18-20-14-24(26-9-7-13-32(26,2)3)23(17-28(20)34)25-16-21(38-4)11-12-27(25)33/h6,8,10-12,14,16-17,19,26H,5,7,9,13,15,18H2,1-4H3,(H,36,37)/t19-,26-/m0/s1. The van der Waals surface area contributed by atoms with Crippen LogP contribution >= 0.6 is 0 Å². The van der Waals surface area contributed by atoms with Gasteiger partial charge < -0.3 is 14.6 Å². The van der Waals surface area contributed by atoms with Gasteiger partial charge in [0.1, 0.15) is 24.0 Å². The maximum atomic E-state index is 15.5. The van der Waals surface area contributed by atoms with E-state index in [0.29, 0.717) is 17.7 Å². The molecular weight excluding hydrogens is 505 g/mol. The van der Waals surface area contributed by atoms with E-state index in [9.17, 15) is 9.90 Å². The highest BCUT2D eigenvalue weighted by molar-refractivity contribution is 5.71. The fraction of sp³-hybridized carbons (Fsp3) is 0.406. The number of hydrogen-bond acceptors (Lipinski definition) is 3. The lowest BCUT2D eigenvalue weighted by atomic mass is 9.75. The van der Waals surface area contributed by atoms with E-state index < -0.39 is 29.3 Å². The Bertz CT molecular complexity index is 1350. The van der Waals surface area contributed by atoms with Crippen molar-refractivity contribution in [1.82, 2.24) is 0 Å². The van der Waals surface area contributed by atoms with Crippen LogP contribution in [0.3, 0.4) is 0 Å². The number of carbonyl (C=O) groups is 1. The maximum Gasteiger partial charge on any atom is 0.303 e. The fourth-order valence-corrected chi connectivity index (χ4v) is 5.81. The second-order valence-corrected chi connectivity index (χ2v) is 11.0. The van der Waals surface area contributed by atoms with Crippen LogP contribution in [0.2, 0.25) is 0 Å². The van der Waals surface area contributed by atoms with Crippen LogP contribution in [0.1, 0.15) is 81.4 Å². The van der Waals surface area contributed by atoms with E-state index in [4.69, 9.17) is 9.47 Å². The third-order valence-electron chi connectivity index (χ3n) is 8.04. The molecule has 208 valence electrons. The van der Waals surface area contributed by atoms with E-state index in [1.807, 2.05) is 0 Å². The third kappa shape index (κ3) is 6.07. The van der Waals surface area contributed by atoms with Crippen molar-refractivity contribution in [3.8, 4) is 22.6 Å². The summed E-state index contributed by atoms with van der Waals surface area (Å²) in [5.41, 5.74) is 1.99. The van der Waals surface area contributed by atoms with Crippen LogP contribution < -0.4 is 9.47 Å². The van der Waals surface area contributed by atoms with Crippen LogP contribution in [-0.4, -0.2) is 18.2 Å². The molecule has 0 amide bonds. The van der Waals surface area contributed by atoms with Crippen LogP contribution in [0.15, 0.2) is 48.5 Å². The summed E-state index contributed by atoms with van der Waals surface area (Å²) in [6, 6.07) is 12.1. The van der Waals surface area contributed by atoms with E-state index >= 15 is 13.2 Å². The molecule has 1 fully saturated rings. The van der Waals surface area contributed by atoms with Crippen LogP contribution in [0.25, 0.3) is 11.1 Å². The Morgan fingerprint density at radius 1 is 1.08 bits per heavy atom. The maximum absolute atomic E-state index is 15.5. The molecule has 1 saturated carbocycles. The SMILES string of the molecule is CC[C@@H](CC(=O)O)c1cccc(OCc2cc([C@@H]3CCCC3(C)C)c(-c3cc(OC)ccc3F)cc2F)c1F. The summed E-state index contributed by atoms with van der Waals surface area (Å²) in [7, 11) is 1.50. The van der Waals surface area contributed by atoms with Crippen molar-refractivity contribution < 1.29 is 32.5 Å². The molecule has 4 nitrogen and oxygen atoms in total. The van der Waals surface area contributed by atoms with Crippen molar-refractivity contribution in [3.05, 3.63) is 82.7 Å². The van der Waals surface area contributed by atoms with E-state index in [1.54, 1.807) is 31.2 Å². The van der Waals surface area contributed by atoms with Gasteiger partial charge in [-0.05, 0) is 89.6 Å². The van der Waals surface area contributed by atoms with Gasteiger partial charge in [0, 0.05) is 11.1 Å². The van der Waals surface area contributed by atoms with Gasteiger partial charge in [-0.25, -0.2) is 13.2 Å². The molecule has 3 aromatic rings. The highest BCUT2D eigenvalue weighted by Crippen LogP contribution is 2.51. The van der Waals surface area contributed by atoms with Gasteiger partial charge in [0.2, 0.25) is 0 Å². The van der Waals surface area contributed by atoms with Crippen molar-refractivity contribution in [2.24, 2.45) is 5.41 Å². The number of hydrogen-bond donors (Lipinski definition) is 1. The first-order valence-corrected chi connectivity index (χ1v) is 13.3. The Morgan fingerprint density at radius 3 is 2.49 bits per heavy atom. The monoisotopic (exact) mass is 540 g/mol. The first-order chi connectivity index (χ1) is 18.6. The Morgan fingerprint density at radius 2 is 1.85 bits per heavy atom. The molecule has 0 radical (unpaired) electrons. The van der Waals surface area contributed by atoms with Gasteiger partial charge >= 0.3 is 5.97 Å². The predicted octanol–water partition coefficient (Wildman–Crippen LogP) is 8.62. The number of carboxylic acid groups (broad SMARTS) is 1. The molecular formula is C32H35F3O4. The molecule has 1 N–H and O–H groups in total. The highest BCUT2D eigenvalue weighted by Gasteiger charge is 2.37. The minimum absolute atomic E-state index is 0.0681. The molecule has 3 aromatic carbocycles. The van der Waals surface area contributed by atoms with Crippen LogP contribution in [0.4, 0.5) is 13.2 Å². The Labute approximate surface area is 227 Å². The zero-order chi connectivity index (χ0) is 28.3. The van der Waals surface area contributed by atoms with E-state index in [2.05, 4.69) is 13.8 Å². The smallest absolute Gasteiger partial charge is 0.303 e. The summed E-state index contributed by atoms with van der Waals surface area (Å²) in [6.45, 7) is 5.90. The largest absolute Gasteiger partial charge is 0.497 e. The molecule has 4 rings (SSSR count). The summed E-state index contributed by atoms with van der Waals surface area (Å²) in [6.07, 6.45) is 3.14. The number of rotatable bonds is 10. The molecule has 0 heterocycles. The zero-order valence-corrected chi connectivity index (χ0v) is 22.8. The van der Waals surface area contributed by atoms with Crippen molar-refractivity contribution in [2.75, 3.05) is 7.11 Å². The van der Waals surface area contributed by atoms with E-state index in [1.165, 1.54) is 31.4 Å². The van der Waals surface area contributed by atoms with Gasteiger partial charge in [-0.2, -0.15) is 0 Å². The van der Waals surface area contributed by atoms with Crippen molar-refractivity contribution >= 4 is 5.97 Å². The van der Waals surface area contributed by atoms with Crippen molar-refractivity contribution in [3.63, 3.8) is 0 Å². The molecule has 0 unspecified atom stereocenters. The first-order valence-electron chi connectivity index (χ1n) is 13.3. The molecule has 0 aliphatic heterocycles. The number of aliphatic carboxylic acids is 1. The quantitative estimate of drug-likeness (QED) is 0.280. The Hall–Kier alpha value is -3.48. The third-order valence-corrected chi connectivity index (χ3v) is 8.04. The molecule has 0 saturated heterocycles. The second-order valence-electron chi connectivity index (χ2n) is 11.0. The predicted molar refractivity (Wildman–Crippen MR) is 145 cm³/mol. The van der Waals surface area contributed by atoms with E-state index in [0.717, 1.165) is 24.8 Å². The summed E-state index contributed by atoms with van der Waals surface area (Å²) >= 11 is 0. The molecule has 0 aromatic heterocycles. The lowest BCUT2D eigenvalue weighted by Gasteiger charge is -2.30. The van der Waals surface area contributed by atoms with Gasteiger partial charge in [0.25, 0.3) is 0 Å². The number of carboxylic acids is 1. The van der Waals surface area contributed by atoms with Gasteiger partial charge in [0.05, 0.1) is 13.5 Å². The number of ether oxygens (including phenoxy) is 2. The zero-order valence-electron chi connectivity index (χ0n) is 22.8. The molecule has 39 heavy (non-hydrogen) atoms. The van der Waals surface area contributed by atoms with Gasteiger partial charge in [-0.15, -0.1) is 0 Å². The normalized spacial score (nSPS) is 17.2. The average Bonchev–Trinajstić information content (AvgIpc) is 3.26. The second kappa shape index (κ2) is 11.7. The minimum Gasteiger partial charge on any atom is -0.497 e. The highest BCUT2D eigenvalue weighted by atomic mass is 19.1. The van der Waals surface area contributed by atoms with Crippen molar-refractivity contribution in [1.29, 1.82) is 0 Å². The summed E-state index contributed by atoms with van der Waals surface area (Å²) in [4.78, 5) is 11.2. The van der Waals surface area contributed by atoms with Crippen LogP contribution in [0.5, 0.6) is 11.5 Å². The van der Waals surface area contributed by atoms with E-state index in [-0.39, 0.29) is 46.8 Å². The van der Waals surface area contributed by atoms with Gasteiger partial charge in [-0.1, -0.05) is 39.3 Å². The lowest BCUT2D eigenvalue weighted by Crippen LogP contribution is -2.17. The Balaban J connectivity index is 1.72. The molecule has 7 heteroatoms. The molecule has 0 bridgehead atoms. The summed E-state index contributed by atoms with van der Waals surface area (Å²) in [5, 5.41) is 9.20. The topological polar surface area (TPSA) is 55.8 Å². The fourth-order valence-electron chi connectivity index (χ4n) is 5.81. The lowest BCUT2D eigenvalue weighted by molar-refractivity contribution is -0.137. The Kier molecular flexibility index (Phi) is 8.57. The van der Waals surface area contributed by atoms with Crippen molar-refractivity contribution in [2.45, 2.75) is 71.3 Å². The summed E-state index contributed by atoms with van der Waals surface area (Å²) in [5.74, 6) is -2.74.